The number of ether oxygens (including phenoxy) is 1. The van der Waals surface area contributed by atoms with Gasteiger partial charge >= 0.3 is 0 Å². The van der Waals surface area contributed by atoms with Crippen LogP contribution in [0.3, 0.4) is 0 Å². The van der Waals surface area contributed by atoms with Crippen LogP contribution in [0.15, 0.2) is 88.7 Å². The quantitative estimate of drug-likeness (QED) is 0.264. The molecule has 1 aliphatic rings. The zero-order valence-electron chi connectivity index (χ0n) is 19.2. The number of allylic oxidation sites excluding steroid dienone is 2. The lowest BCUT2D eigenvalue weighted by Crippen LogP contribution is -2.28. The number of hydrogen-bond donors (Lipinski definition) is 0. The Labute approximate surface area is 205 Å². The fraction of sp³-hybridized carbons (Fsp3) is 0.154. The van der Waals surface area contributed by atoms with Gasteiger partial charge in [-0.1, -0.05) is 29.5 Å². The Hall–Kier alpha value is -4.70. The molecule has 0 N–H and O–H groups in total. The van der Waals surface area contributed by atoms with E-state index in [1.54, 1.807) is 67.9 Å². The fourth-order valence-electron chi connectivity index (χ4n) is 4.23. The molecule has 2 aromatic heterocycles. The second kappa shape index (κ2) is 9.51. The number of rotatable bonds is 8. The molecule has 0 saturated heterocycles. The number of hydrogen-bond acceptors (Lipinski definition) is 8. The molecule has 10 nitrogen and oxygen atoms in total. The van der Waals surface area contributed by atoms with Crippen LogP contribution in [-0.2, 0) is 18.0 Å². The van der Waals surface area contributed by atoms with Crippen LogP contribution in [0.25, 0.3) is 0 Å². The molecular formula is C26H20N4O6. The normalized spacial score (nSPS) is 14.1. The molecule has 1 aliphatic carbocycles. The van der Waals surface area contributed by atoms with Gasteiger partial charge in [-0.2, -0.15) is 0 Å². The van der Waals surface area contributed by atoms with E-state index in [4.69, 9.17) is 9.15 Å². The maximum absolute atomic E-state index is 13.6. The van der Waals surface area contributed by atoms with E-state index in [-0.39, 0.29) is 41.6 Å². The topological polar surface area (TPSA) is 130 Å². The summed E-state index contributed by atoms with van der Waals surface area (Å²) in [4.78, 5) is 37.5. The Kier molecular flexibility index (Phi) is 6.09. The Morgan fingerprint density at radius 3 is 2.39 bits per heavy atom. The number of Topliss-reactive ketones (excluding diaryl/α,β-unsaturated/α-hetero) is 2. The number of nitro groups is 1. The Morgan fingerprint density at radius 1 is 1.00 bits per heavy atom. The van der Waals surface area contributed by atoms with Gasteiger partial charge in [-0.15, -0.1) is 5.10 Å². The lowest BCUT2D eigenvalue weighted by Gasteiger charge is -2.26. The molecule has 4 aromatic rings. The zero-order valence-corrected chi connectivity index (χ0v) is 19.2. The number of carbonyl (C=O) groups is 2. The summed E-state index contributed by atoms with van der Waals surface area (Å²) in [5.74, 6) is 0.100. The molecule has 0 radical (unpaired) electrons. The maximum atomic E-state index is 13.6. The van der Waals surface area contributed by atoms with Crippen molar-refractivity contribution in [3.63, 3.8) is 0 Å². The number of benzene rings is 2. The zero-order chi connectivity index (χ0) is 25.2. The van der Waals surface area contributed by atoms with Crippen molar-refractivity contribution in [2.24, 2.45) is 0 Å². The van der Waals surface area contributed by atoms with Crippen molar-refractivity contribution >= 4 is 17.3 Å². The van der Waals surface area contributed by atoms with Crippen LogP contribution in [0.1, 0.15) is 50.7 Å². The summed E-state index contributed by atoms with van der Waals surface area (Å²) in [5.41, 5.74) is 2.12. The van der Waals surface area contributed by atoms with Crippen molar-refractivity contribution in [1.82, 2.24) is 15.0 Å². The Morgan fingerprint density at radius 2 is 1.72 bits per heavy atom. The highest BCUT2D eigenvalue weighted by atomic mass is 16.6. The third-order valence-electron chi connectivity index (χ3n) is 6.00. The van der Waals surface area contributed by atoms with Gasteiger partial charge in [-0.05, 0) is 36.8 Å². The van der Waals surface area contributed by atoms with Gasteiger partial charge in [-0.3, -0.25) is 19.7 Å². The summed E-state index contributed by atoms with van der Waals surface area (Å²) in [6, 6.07) is 15.2. The number of non-ortho nitro benzene ring substituents is 1. The van der Waals surface area contributed by atoms with Gasteiger partial charge in [0.2, 0.25) is 0 Å². The number of carbonyl (C=O) groups excluding carboxylic acids is 2. The van der Waals surface area contributed by atoms with Crippen molar-refractivity contribution in [3.05, 3.63) is 123 Å². The molecule has 10 heteroatoms. The largest absolute Gasteiger partial charge is 0.467 e. The minimum atomic E-state index is -0.832. The average molecular weight is 484 g/mol. The van der Waals surface area contributed by atoms with E-state index < -0.39 is 11.0 Å². The second-order valence-corrected chi connectivity index (χ2v) is 8.26. The molecule has 0 amide bonds. The first-order valence-corrected chi connectivity index (χ1v) is 11.1. The molecule has 36 heavy (non-hydrogen) atoms. The van der Waals surface area contributed by atoms with Gasteiger partial charge in [-0.25, -0.2) is 4.68 Å². The van der Waals surface area contributed by atoms with Gasteiger partial charge < -0.3 is 9.15 Å². The van der Waals surface area contributed by atoms with E-state index >= 15 is 0 Å². The van der Waals surface area contributed by atoms with Crippen LogP contribution >= 0.6 is 0 Å². The molecule has 5 rings (SSSR count). The number of fused-ring (bicyclic) bond motifs is 1. The molecule has 0 fully saturated rings. The first-order chi connectivity index (χ1) is 17.4. The summed E-state index contributed by atoms with van der Waals surface area (Å²) >= 11 is 0. The summed E-state index contributed by atoms with van der Waals surface area (Å²) < 4.78 is 12.4. The van der Waals surface area contributed by atoms with Crippen molar-refractivity contribution in [2.75, 3.05) is 0 Å². The molecule has 180 valence electrons. The SMILES string of the molecule is CC1=C(C(c2ccc([N+](=O)[O-])cc2)n2cc(COCc3ccco3)nn2)C(=O)c2ccccc2C1=O. The minimum absolute atomic E-state index is 0.0924. The van der Waals surface area contributed by atoms with Gasteiger partial charge in [0.1, 0.15) is 24.1 Å². The van der Waals surface area contributed by atoms with E-state index in [0.29, 0.717) is 28.1 Å². The Balaban J connectivity index is 1.53. The van der Waals surface area contributed by atoms with Crippen LogP contribution < -0.4 is 0 Å². The van der Waals surface area contributed by atoms with Gasteiger partial charge in [0.25, 0.3) is 5.69 Å². The number of ketones is 2. The minimum Gasteiger partial charge on any atom is -0.467 e. The number of nitro benzene ring substituents is 1. The monoisotopic (exact) mass is 484 g/mol. The van der Waals surface area contributed by atoms with E-state index in [9.17, 15) is 19.7 Å². The molecular weight excluding hydrogens is 464 g/mol. The fourth-order valence-corrected chi connectivity index (χ4v) is 4.23. The number of aromatic nitrogens is 3. The van der Waals surface area contributed by atoms with Crippen molar-refractivity contribution < 1.29 is 23.7 Å². The maximum Gasteiger partial charge on any atom is 0.269 e. The first-order valence-electron chi connectivity index (χ1n) is 11.1. The molecule has 0 aliphatic heterocycles. The average Bonchev–Trinajstić information content (AvgIpc) is 3.58. The van der Waals surface area contributed by atoms with Crippen LogP contribution in [-0.4, -0.2) is 31.5 Å². The molecule has 0 spiro atoms. The lowest BCUT2D eigenvalue weighted by atomic mass is 9.80. The van der Waals surface area contributed by atoms with Crippen LogP contribution in [0.4, 0.5) is 5.69 Å². The third-order valence-corrected chi connectivity index (χ3v) is 6.00. The molecule has 1 unspecified atom stereocenters. The summed E-state index contributed by atoms with van der Waals surface area (Å²) in [5, 5.41) is 19.6. The predicted molar refractivity (Wildman–Crippen MR) is 126 cm³/mol. The highest BCUT2D eigenvalue weighted by Gasteiger charge is 2.36. The first kappa shape index (κ1) is 23.1. The van der Waals surface area contributed by atoms with Crippen molar-refractivity contribution in [2.45, 2.75) is 26.2 Å². The standard InChI is InChI=1S/C26H20N4O6/c1-16-23(26(32)22-7-3-2-6-21(22)25(16)31)24(17-8-10-19(11-9-17)30(33)34)29-13-18(27-28-29)14-35-15-20-5-4-12-36-20/h2-13,24H,14-15H2,1H3. The highest BCUT2D eigenvalue weighted by molar-refractivity contribution is 6.27. The number of furan rings is 1. The number of nitrogens with zero attached hydrogens (tertiary/aromatic N) is 4. The van der Waals surface area contributed by atoms with Crippen LogP contribution in [0.5, 0.6) is 0 Å². The van der Waals surface area contributed by atoms with Crippen LogP contribution in [0.2, 0.25) is 0 Å². The molecule has 0 bridgehead atoms. The lowest BCUT2D eigenvalue weighted by molar-refractivity contribution is -0.384. The molecule has 1 atom stereocenters. The van der Waals surface area contributed by atoms with Gasteiger partial charge in [0, 0.05) is 34.4 Å². The summed E-state index contributed by atoms with van der Waals surface area (Å²) in [6.07, 6.45) is 3.19. The van der Waals surface area contributed by atoms with Crippen molar-refractivity contribution in [1.29, 1.82) is 0 Å². The van der Waals surface area contributed by atoms with Crippen LogP contribution in [0, 0.1) is 10.1 Å². The highest BCUT2D eigenvalue weighted by Crippen LogP contribution is 2.36. The molecule has 2 heterocycles. The molecule has 0 saturated carbocycles. The van der Waals surface area contributed by atoms with E-state index in [1.807, 2.05) is 0 Å². The van der Waals surface area contributed by atoms with Crippen molar-refractivity contribution in [3.8, 4) is 0 Å². The molecule has 2 aromatic carbocycles. The van der Waals surface area contributed by atoms with Gasteiger partial charge in [0.05, 0.1) is 24.0 Å². The third kappa shape index (κ3) is 4.25. The van der Waals surface area contributed by atoms with E-state index in [2.05, 4.69) is 10.3 Å². The van der Waals surface area contributed by atoms with E-state index in [1.165, 1.54) is 16.8 Å². The van der Waals surface area contributed by atoms with Gasteiger partial charge in [0.15, 0.2) is 11.6 Å². The smallest absolute Gasteiger partial charge is 0.269 e. The Bertz CT molecular complexity index is 1480. The van der Waals surface area contributed by atoms with E-state index in [0.717, 1.165) is 0 Å². The second-order valence-electron chi connectivity index (χ2n) is 8.26. The summed E-state index contributed by atoms with van der Waals surface area (Å²) in [6.45, 7) is 2.00. The summed E-state index contributed by atoms with van der Waals surface area (Å²) in [7, 11) is 0. The predicted octanol–water partition coefficient (Wildman–Crippen LogP) is 4.48.